The first-order chi connectivity index (χ1) is 6.91. The van der Waals surface area contributed by atoms with Crippen LogP contribution in [0.4, 0.5) is 0 Å². The highest BCUT2D eigenvalue weighted by molar-refractivity contribution is 14.1. The largest absolute Gasteiger partial charge is 0.299 e. The van der Waals surface area contributed by atoms with Crippen molar-refractivity contribution in [2.24, 2.45) is 11.3 Å². The lowest BCUT2D eigenvalue weighted by Crippen LogP contribution is -2.27. The van der Waals surface area contributed by atoms with Gasteiger partial charge in [-0.25, -0.2) is 0 Å². The van der Waals surface area contributed by atoms with Crippen LogP contribution in [0.25, 0.3) is 0 Å². The molecule has 0 aromatic heterocycles. The second kappa shape index (κ2) is 5.65. The van der Waals surface area contributed by atoms with E-state index in [1.807, 2.05) is 20.8 Å². The molecule has 1 saturated carbocycles. The van der Waals surface area contributed by atoms with Crippen molar-refractivity contribution in [1.82, 2.24) is 0 Å². The molecule has 0 heterocycles. The molecule has 0 amide bonds. The zero-order valence-corrected chi connectivity index (χ0v) is 12.3. The van der Waals surface area contributed by atoms with Crippen LogP contribution in [-0.4, -0.2) is 9.71 Å². The lowest BCUT2D eigenvalue weighted by atomic mass is 9.82. The fraction of sp³-hybridized carbons (Fsp3) is 0.923. The van der Waals surface area contributed by atoms with E-state index in [-0.39, 0.29) is 5.41 Å². The Balaban J connectivity index is 2.40. The fourth-order valence-corrected chi connectivity index (χ4v) is 3.26. The van der Waals surface area contributed by atoms with Crippen LogP contribution < -0.4 is 0 Å². The molecule has 0 spiro atoms. The van der Waals surface area contributed by atoms with Crippen LogP contribution in [0, 0.1) is 11.3 Å². The number of Topliss-reactive ketones (excluding diaryl/α,β-unsaturated/α-hetero) is 1. The van der Waals surface area contributed by atoms with Crippen LogP contribution in [0.15, 0.2) is 0 Å². The molecule has 1 unspecified atom stereocenters. The Bertz CT molecular complexity index is 211. The van der Waals surface area contributed by atoms with Gasteiger partial charge in [-0.3, -0.25) is 4.79 Å². The van der Waals surface area contributed by atoms with E-state index in [2.05, 4.69) is 22.6 Å². The summed E-state index contributed by atoms with van der Waals surface area (Å²) in [6.45, 7) is 6.08. The van der Waals surface area contributed by atoms with E-state index < -0.39 is 0 Å². The highest BCUT2D eigenvalue weighted by Gasteiger charge is 2.28. The predicted octanol–water partition coefficient (Wildman–Crippen LogP) is 4.38. The molecular weight excluding hydrogens is 299 g/mol. The third-order valence-corrected chi connectivity index (χ3v) is 4.84. The number of carbonyl (C=O) groups is 1. The van der Waals surface area contributed by atoms with Crippen molar-refractivity contribution in [3.63, 3.8) is 0 Å². The number of alkyl halides is 1. The summed E-state index contributed by atoms with van der Waals surface area (Å²) in [6.07, 6.45) is 7.58. The molecule has 0 bridgehead atoms. The van der Waals surface area contributed by atoms with Gasteiger partial charge in [0, 0.05) is 15.8 Å². The van der Waals surface area contributed by atoms with E-state index in [0.717, 1.165) is 12.3 Å². The maximum Gasteiger partial charge on any atom is 0.139 e. The first-order valence-corrected chi connectivity index (χ1v) is 7.33. The van der Waals surface area contributed by atoms with Crippen LogP contribution >= 0.6 is 22.6 Å². The molecule has 1 nitrogen and oxygen atoms in total. The van der Waals surface area contributed by atoms with Crippen molar-refractivity contribution in [1.29, 1.82) is 0 Å². The van der Waals surface area contributed by atoms with E-state index in [1.54, 1.807) is 0 Å². The number of carbonyl (C=O) groups excluding carboxylic acids is 1. The maximum atomic E-state index is 11.9. The van der Waals surface area contributed by atoms with Crippen molar-refractivity contribution < 1.29 is 4.79 Å². The Morgan fingerprint density at radius 3 is 2.27 bits per heavy atom. The summed E-state index contributed by atoms with van der Waals surface area (Å²) < 4.78 is 0.564. The summed E-state index contributed by atoms with van der Waals surface area (Å²) in [5.41, 5.74) is -0.155. The van der Waals surface area contributed by atoms with Gasteiger partial charge in [-0.2, -0.15) is 0 Å². The van der Waals surface area contributed by atoms with E-state index >= 15 is 0 Å². The molecule has 1 atom stereocenters. The topological polar surface area (TPSA) is 17.1 Å². The smallest absolute Gasteiger partial charge is 0.139 e. The summed E-state index contributed by atoms with van der Waals surface area (Å²) in [7, 11) is 0. The molecule has 1 aliphatic carbocycles. The maximum absolute atomic E-state index is 11.9. The first kappa shape index (κ1) is 13.5. The van der Waals surface area contributed by atoms with Crippen molar-refractivity contribution in [2.45, 2.75) is 63.2 Å². The molecule has 0 aromatic carbocycles. The Labute approximate surface area is 108 Å². The normalized spacial score (nSPS) is 21.3. The molecule has 0 aliphatic heterocycles. The van der Waals surface area contributed by atoms with E-state index in [0.29, 0.717) is 9.71 Å². The molecule has 0 aromatic rings. The summed E-state index contributed by atoms with van der Waals surface area (Å²) in [6, 6.07) is 0. The zero-order valence-electron chi connectivity index (χ0n) is 10.2. The van der Waals surface area contributed by atoms with Gasteiger partial charge in [0.1, 0.15) is 5.78 Å². The monoisotopic (exact) mass is 322 g/mol. The number of ketones is 1. The molecule has 88 valence electrons. The summed E-state index contributed by atoms with van der Waals surface area (Å²) in [5, 5.41) is 0. The lowest BCUT2D eigenvalue weighted by molar-refractivity contribution is -0.126. The molecule has 0 saturated heterocycles. The SMILES string of the molecule is CC(C)(C)C(=O)CC(I)C1CCCCC1. The van der Waals surface area contributed by atoms with E-state index in [9.17, 15) is 4.79 Å². The van der Waals surface area contributed by atoms with Gasteiger partial charge in [0.2, 0.25) is 0 Å². The van der Waals surface area contributed by atoms with Gasteiger partial charge in [-0.15, -0.1) is 0 Å². The zero-order chi connectivity index (χ0) is 11.5. The molecule has 0 N–H and O–H groups in total. The minimum Gasteiger partial charge on any atom is -0.299 e. The standard InChI is InChI=1S/C13H23IO/c1-13(2,3)12(15)9-11(14)10-7-5-4-6-8-10/h10-11H,4-9H2,1-3H3. The van der Waals surface area contributed by atoms with Gasteiger partial charge in [-0.05, 0) is 18.8 Å². The number of hydrogen-bond acceptors (Lipinski definition) is 1. The summed E-state index contributed by atoms with van der Waals surface area (Å²) in [5.74, 6) is 1.22. The lowest BCUT2D eigenvalue weighted by Gasteiger charge is -2.28. The van der Waals surface area contributed by atoms with Gasteiger partial charge in [0.15, 0.2) is 0 Å². The van der Waals surface area contributed by atoms with Crippen LogP contribution in [0.3, 0.4) is 0 Å². The molecular formula is C13H23IO. The van der Waals surface area contributed by atoms with E-state index in [4.69, 9.17) is 0 Å². The average Bonchev–Trinajstić information content (AvgIpc) is 2.17. The van der Waals surface area contributed by atoms with E-state index in [1.165, 1.54) is 32.1 Å². The minimum atomic E-state index is -0.155. The van der Waals surface area contributed by atoms with Gasteiger partial charge >= 0.3 is 0 Å². The van der Waals surface area contributed by atoms with Gasteiger partial charge in [0.05, 0.1) is 0 Å². The Morgan fingerprint density at radius 1 is 1.27 bits per heavy atom. The third-order valence-electron chi connectivity index (χ3n) is 3.38. The van der Waals surface area contributed by atoms with Gasteiger partial charge < -0.3 is 0 Å². The highest BCUT2D eigenvalue weighted by Crippen LogP contribution is 2.33. The number of rotatable bonds is 3. The molecule has 1 aliphatic rings. The van der Waals surface area contributed by atoms with Gasteiger partial charge in [-0.1, -0.05) is 62.6 Å². The second-order valence-corrected chi connectivity index (χ2v) is 7.39. The molecule has 1 fully saturated rings. The highest BCUT2D eigenvalue weighted by atomic mass is 127. The molecule has 15 heavy (non-hydrogen) atoms. The number of hydrogen-bond donors (Lipinski definition) is 0. The fourth-order valence-electron chi connectivity index (χ4n) is 2.15. The molecule has 0 radical (unpaired) electrons. The summed E-state index contributed by atoms with van der Waals surface area (Å²) in [4.78, 5) is 11.9. The third kappa shape index (κ3) is 4.41. The molecule has 2 heteroatoms. The average molecular weight is 322 g/mol. The molecule has 1 rings (SSSR count). The quantitative estimate of drug-likeness (QED) is 0.557. The first-order valence-electron chi connectivity index (χ1n) is 6.08. The van der Waals surface area contributed by atoms with Crippen molar-refractivity contribution in [3.05, 3.63) is 0 Å². The second-order valence-electron chi connectivity index (χ2n) is 5.79. The van der Waals surface area contributed by atoms with Crippen LogP contribution in [0.5, 0.6) is 0 Å². The Morgan fingerprint density at radius 2 is 1.80 bits per heavy atom. The number of halogens is 1. The van der Waals surface area contributed by atoms with Gasteiger partial charge in [0.25, 0.3) is 0 Å². The Kier molecular flexibility index (Phi) is 5.07. The van der Waals surface area contributed by atoms with Crippen LogP contribution in [0.1, 0.15) is 59.3 Å². The van der Waals surface area contributed by atoms with Crippen molar-refractivity contribution in [3.8, 4) is 0 Å². The Hall–Kier alpha value is 0.400. The minimum absolute atomic E-state index is 0.155. The predicted molar refractivity (Wildman–Crippen MR) is 73.5 cm³/mol. The van der Waals surface area contributed by atoms with Crippen LogP contribution in [-0.2, 0) is 4.79 Å². The summed E-state index contributed by atoms with van der Waals surface area (Å²) >= 11 is 2.50. The van der Waals surface area contributed by atoms with Crippen molar-refractivity contribution in [2.75, 3.05) is 0 Å². The van der Waals surface area contributed by atoms with Crippen LogP contribution in [0.2, 0.25) is 0 Å². The van der Waals surface area contributed by atoms with Crippen molar-refractivity contribution >= 4 is 28.4 Å².